The molecule has 3 rings (SSSR count). The second kappa shape index (κ2) is 6.06. The van der Waals surface area contributed by atoms with Gasteiger partial charge in [-0.25, -0.2) is 4.39 Å². The predicted octanol–water partition coefficient (Wildman–Crippen LogP) is 2.20. The Morgan fingerprint density at radius 3 is 2.52 bits per heavy atom. The molecule has 1 amide bonds. The van der Waals surface area contributed by atoms with E-state index in [2.05, 4.69) is 10.6 Å². The average Bonchev–Trinajstić information content (AvgIpc) is 2.52. The zero-order valence-electron chi connectivity index (χ0n) is 11.6. The second-order valence-electron chi connectivity index (χ2n) is 5.22. The monoisotopic (exact) mass is 284 g/mol. The Kier molecular flexibility index (Phi) is 3.97. The molecule has 1 fully saturated rings. The van der Waals surface area contributed by atoms with Gasteiger partial charge in [0.2, 0.25) is 5.91 Å². The fraction of sp³-hybridized carbons (Fsp3) is 0.235. The minimum absolute atomic E-state index is 0.0562. The molecule has 21 heavy (non-hydrogen) atoms. The number of nitrogens with one attached hydrogen (secondary N) is 2. The van der Waals surface area contributed by atoms with Crippen LogP contribution in [-0.2, 0) is 11.2 Å². The van der Waals surface area contributed by atoms with Crippen LogP contribution >= 0.6 is 0 Å². The van der Waals surface area contributed by atoms with Gasteiger partial charge < -0.3 is 5.32 Å². The fourth-order valence-electron chi connectivity index (χ4n) is 2.64. The van der Waals surface area contributed by atoms with E-state index in [-0.39, 0.29) is 17.8 Å². The van der Waals surface area contributed by atoms with E-state index in [9.17, 15) is 9.18 Å². The minimum Gasteiger partial charge on any atom is -0.353 e. The van der Waals surface area contributed by atoms with Crippen LogP contribution in [0, 0.1) is 5.82 Å². The highest BCUT2D eigenvalue weighted by molar-refractivity contribution is 5.83. The van der Waals surface area contributed by atoms with Gasteiger partial charge in [0, 0.05) is 6.54 Å². The Bertz CT molecular complexity index is 630. The molecule has 0 radical (unpaired) electrons. The van der Waals surface area contributed by atoms with Crippen molar-refractivity contribution in [3.05, 3.63) is 71.5 Å². The molecule has 0 aromatic heterocycles. The van der Waals surface area contributed by atoms with Crippen molar-refractivity contribution in [2.45, 2.75) is 18.5 Å². The van der Waals surface area contributed by atoms with Gasteiger partial charge in [0.1, 0.15) is 5.82 Å². The van der Waals surface area contributed by atoms with E-state index in [4.69, 9.17) is 0 Å². The Morgan fingerprint density at radius 1 is 1.05 bits per heavy atom. The number of halogens is 1. The molecule has 1 heterocycles. The highest BCUT2D eigenvalue weighted by Crippen LogP contribution is 2.18. The molecule has 2 N–H and O–H groups in total. The van der Waals surface area contributed by atoms with Crippen LogP contribution in [0.1, 0.15) is 17.2 Å². The molecule has 0 bridgehead atoms. The van der Waals surface area contributed by atoms with Crippen molar-refractivity contribution in [3.63, 3.8) is 0 Å². The summed E-state index contributed by atoms with van der Waals surface area (Å²) in [5.41, 5.74) is 1.68. The van der Waals surface area contributed by atoms with Gasteiger partial charge >= 0.3 is 0 Å². The Labute approximate surface area is 123 Å². The lowest BCUT2D eigenvalue weighted by atomic mass is 9.98. The number of piperazine rings is 1. The summed E-state index contributed by atoms with van der Waals surface area (Å²) < 4.78 is 13.7. The van der Waals surface area contributed by atoms with Gasteiger partial charge in [-0.1, -0.05) is 48.5 Å². The Morgan fingerprint density at radius 2 is 1.76 bits per heavy atom. The lowest BCUT2D eigenvalue weighted by Gasteiger charge is -2.31. The molecule has 1 saturated heterocycles. The fourth-order valence-corrected chi connectivity index (χ4v) is 2.64. The summed E-state index contributed by atoms with van der Waals surface area (Å²) in [5, 5.41) is 6.21. The zero-order valence-corrected chi connectivity index (χ0v) is 11.6. The summed E-state index contributed by atoms with van der Waals surface area (Å²) in [6.07, 6.45) is 0.349. The van der Waals surface area contributed by atoms with Gasteiger partial charge in [0.25, 0.3) is 0 Å². The van der Waals surface area contributed by atoms with Crippen molar-refractivity contribution in [2.24, 2.45) is 0 Å². The number of carbonyl (C=O) groups is 1. The molecular formula is C17H17FN2O. The molecule has 4 heteroatoms. The van der Waals surface area contributed by atoms with Crippen molar-refractivity contribution in [3.8, 4) is 0 Å². The van der Waals surface area contributed by atoms with Crippen LogP contribution < -0.4 is 10.6 Å². The molecule has 2 atom stereocenters. The van der Waals surface area contributed by atoms with Gasteiger partial charge in [0.05, 0.1) is 12.1 Å². The SMILES string of the molecule is O=C1NC[C@H](c2ccccc2)N[C@H]1Cc1ccccc1F. The third-order valence-corrected chi connectivity index (χ3v) is 3.78. The maximum absolute atomic E-state index is 13.7. The Balaban J connectivity index is 1.75. The first-order valence-corrected chi connectivity index (χ1v) is 7.06. The lowest BCUT2D eigenvalue weighted by molar-refractivity contribution is -0.125. The Hall–Kier alpha value is -2.20. The largest absolute Gasteiger partial charge is 0.353 e. The van der Waals surface area contributed by atoms with Crippen molar-refractivity contribution in [2.75, 3.05) is 6.54 Å². The van der Waals surface area contributed by atoms with E-state index < -0.39 is 6.04 Å². The molecule has 108 valence electrons. The first kappa shape index (κ1) is 13.8. The number of benzene rings is 2. The average molecular weight is 284 g/mol. The molecule has 0 spiro atoms. The third-order valence-electron chi connectivity index (χ3n) is 3.78. The van der Waals surface area contributed by atoms with Gasteiger partial charge in [-0.15, -0.1) is 0 Å². The van der Waals surface area contributed by atoms with Crippen LogP contribution in [0.2, 0.25) is 0 Å². The molecule has 1 aliphatic rings. The van der Waals surface area contributed by atoms with E-state index >= 15 is 0 Å². The van der Waals surface area contributed by atoms with Gasteiger partial charge in [0.15, 0.2) is 0 Å². The number of amides is 1. The summed E-state index contributed by atoms with van der Waals surface area (Å²) >= 11 is 0. The van der Waals surface area contributed by atoms with Gasteiger partial charge in [-0.2, -0.15) is 0 Å². The predicted molar refractivity (Wildman–Crippen MR) is 79.2 cm³/mol. The lowest BCUT2D eigenvalue weighted by Crippen LogP contribution is -2.55. The van der Waals surface area contributed by atoms with E-state index in [1.54, 1.807) is 18.2 Å². The summed E-state index contributed by atoms with van der Waals surface area (Å²) in [6, 6.07) is 16.2. The molecule has 2 aromatic carbocycles. The van der Waals surface area contributed by atoms with Crippen molar-refractivity contribution < 1.29 is 9.18 Å². The molecule has 0 aliphatic carbocycles. The van der Waals surface area contributed by atoms with Crippen LogP contribution in [0.5, 0.6) is 0 Å². The molecule has 3 nitrogen and oxygen atoms in total. The maximum atomic E-state index is 13.7. The molecule has 1 aliphatic heterocycles. The van der Waals surface area contributed by atoms with E-state index in [1.807, 2.05) is 30.3 Å². The number of rotatable bonds is 3. The zero-order chi connectivity index (χ0) is 14.7. The van der Waals surface area contributed by atoms with Crippen molar-refractivity contribution in [1.29, 1.82) is 0 Å². The molecular weight excluding hydrogens is 267 g/mol. The minimum atomic E-state index is -0.416. The smallest absolute Gasteiger partial charge is 0.237 e. The van der Waals surface area contributed by atoms with E-state index in [0.717, 1.165) is 5.56 Å². The van der Waals surface area contributed by atoms with Crippen LogP contribution in [0.4, 0.5) is 4.39 Å². The second-order valence-corrected chi connectivity index (χ2v) is 5.22. The number of hydrogen-bond donors (Lipinski definition) is 2. The van der Waals surface area contributed by atoms with Gasteiger partial charge in [-0.3, -0.25) is 10.1 Å². The summed E-state index contributed by atoms with van der Waals surface area (Å²) in [6.45, 7) is 0.552. The van der Waals surface area contributed by atoms with Crippen LogP contribution in [0.25, 0.3) is 0 Å². The van der Waals surface area contributed by atoms with Crippen LogP contribution in [-0.4, -0.2) is 18.5 Å². The first-order valence-electron chi connectivity index (χ1n) is 7.06. The highest BCUT2D eigenvalue weighted by atomic mass is 19.1. The quantitative estimate of drug-likeness (QED) is 0.907. The third kappa shape index (κ3) is 3.11. The highest BCUT2D eigenvalue weighted by Gasteiger charge is 2.28. The summed E-state index contributed by atoms with van der Waals surface area (Å²) in [7, 11) is 0. The van der Waals surface area contributed by atoms with E-state index in [0.29, 0.717) is 18.5 Å². The van der Waals surface area contributed by atoms with E-state index in [1.165, 1.54) is 6.07 Å². The van der Waals surface area contributed by atoms with Crippen LogP contribution in [0.15, 0.2) is 54.6 Å². The maximum Gasteiger partial charge on any atom is 0.237 e. The number of hydrogen-bond acceptors (Lipinski definition) is 2. The van der Waals surface area contributed by atoms with Crippen molar-refractivity contribution in [1.82, 2.24) is 10.6 Å². The topological polar surface area (TPSA) is 41.1 Å². The van der Waals surface area contributed by atoms with Gasteiger partial charge in [-0.05, 0) is 23.6 Å². The normalized spacial score (nSPS) is 21.9. The molecule has 0 unspecified atom stereocenters. The molecule has 0 saturated carbocycles. The first-order chi connectivity index (χ1) is 10.2. The summed E-state index contributed by atoms with van der Waals surface area (Å²) in [5.74, 6) is -0.348. The summed E-state index contributed by atoms with van der Waals surface area (Å²) in [4.78, 5) is 12.0. The van der Waals surface area contributed by atoms with Crippen molar-refractivity contribution >= 4 is 5.91 Å². The number of carbonyl (C=O) groups excluding carboxylic acids is 1. The standard InChI is InChI=1S/C17H17FN2O/c18-14-9-5-4-8-13(14)10-15-17(21)19-11-16(20-15)12-6-2-1-3-7-12/h1-9,15-16,20H,10-11H2,(H,19,21)/t15-,16+/m0/s1. The molecule has 2 aromatic rings. The van der Waals surface area contributed by atoms with Crippen LogP contribution in [0.3, 0.4) is 0 Å².